The highest BCUT2D eigenvalue weighted by molar-refractivity contribution is 5.13. The lowest BCUT2D eigenvalue weighted by atomic mass is 10.4. The number of piperidine rings is 1. The molecule has 1 heterocycles. The van der Waals surface area contributed by atoms with Crippen molar-refractivity contribution in [2.24, 2.45) is 17.6 Å². The Hall–Kier alpha value is -0.900. The predicted octanol–water partition coefficient (Wildman–Crippen LogP) is -0.887. The largest absolute Gasteiger partial charge is 0.391 e. The average molecular weight is 182 g/mol. The van der Waals surface area contributed by atoms with Crippen LogP contribution in [0.25, 0.3) is 0 Å². The van der Waals surface area contributed by atoms with Gasteiger partial charge in [0.1, 0.15) is 5.82 Å². The Bertz CT molecular complexity index is 214. The van der Waals surface area contributed by atoms with Gasteiger partial charge >= 0.3 is 0 Å². The molecule has 2 fully saturated rings. The summed E-state index contributed by atoms with van der Waals surface area (Å²) in [4.78, 5) is 2.36. The second-order valence-corrected chi connectivity index (χ2v) is 3.88. The fourth-order valence-corrected chi connectivity index (χ4v) is 2.23. The van der Waals surface area contributed by atoms with Gasteiger partial charge in [0.15, 0.2) is 0 Å². The van der Waals surface area contributed by atoms with Gasteiger partial charge in [-0.3, -0.25) is 0 Å². The van der Waals surface area contributed by atoms with Crippen LogP contribution in [0.4, 0.5) is 0 Å². The number of nitrogens with zero attached hydrogens (tertiary/aromatic N) is 1. The SMILES string of the molecule is CN/C=C(\NC)N1CC2C(N)C2C1. The molecule has 2 unspecified atom stereocenters. The van der Waals surface area contributed by atoms with Gasteiger partial charge in [-0.05, 0) is 11.8 Å². The highest BCUT2D eigenvalue weighted by Gasteiger charge is 2.53. The first kappa shape index (κ1) is 8.69. The van der Waals surface area contributed by atoms with Crippen LogP contribution in [0.15, 0.2) is 12.0 Å². The Kier molecular flexibility index (Phi) is 2.07. The number of hydrogen-bond acceptors (Lipinski definition) is 4. The molecular formula is C9H18N4. The van der Waals surface area contributed by atoms with Crippen molar-refractivity contribution in [1.82, 2.24) is 15.5 Å². The summed E-state index contributed by atoms with van der Waals surface area (Å²) < 4.78 is 0. The number of nitrogens with one attached hydrogen (secondary N) is 2. The van der Waals surface area contributed by atoms with Crippen LogP contribution in [0.3, 0.4) is 0 Å². The normalized spacial score (nSPS) is 37.3. The van der Waals surface area contributed by atoms with Crippen molar-refractivity contribution in [2.75, 3.05) is 27.2 Å². The maximum Gasteiger partial charge on any atom is 0.117 e. The molecular weight excluding hydrogens is 164 g/mol. The van der Waals surface area contributed by atoms with E-state index in [1.807, 2.05) is 20.3 Å². The molecule has 0 aromatic rings. The summed E-state index contributed by atoms with van der Waals surface area (Å²) in [5, 5.41) is 6.22. The quantitative estimate of drug-likeness (QED) is 0.530. The van der Waals surface area contributed by atoms with Crippen molar-refractivity contribution in [1.29, 1.82) is 0 Å². The lowest BCUT2D eigenvalue weighted by Gasteiger charge is -2.23. The molecule has 1 aliphatic heterocycles. The minimum atomic E-state index is 0.476. The molecule has 0 amide bonds. The van der Waals surface area contributed by atoms with E-state index in [0.29, 0.717) is 6.04 Å². The van der Waals surface area contributed by atoms with Crippen molar-refractivity contribution < 1.29 is 0 Å². The van der Waals surface area contributed by atoms with E-state index >= 15 is 0 Å². The Labute approximate surface area is 79.2 Å². The zero-order chi connectivity index (χ0) is 9.42. The van der Waals surface area contributed by atoms with E-state index < -0.39 is 0 Å². The molecule has 2 aliphatic rings. The van der Waals surface area contributed by atoms with Gasteiger partial charge < -0.3 is 21.3 Å². The molecule has 1 aliphatic carbocycles. The highest BCUT2D eigenvalue weighted by atomic mass is 15.3. The van der Waals surface area contributed by atoms with Gasteiger partial charge in [0.25, 0.3) is 0 Å². The lowest BCUT2D eigenvalue weighted by molar-refractivity contribution is 0.348. The zero-order valence-electron chi connectivity index (χ0n) is 8.25. The number of nitrogens with two attached hydrogens (primary N) is 1. The first-order valence-electron chi connectivity index (χ1n) is 4.83. The second kappa shape index (κ2) is 3.10. The summed E-state index contributed by atoms with van der Waals surface area (Å²) in [5.74, 6) is 2.66. The van der Waals surface area contributed by atoms with E-state index in [2.05, 4.69) is 15.5 Å². The van der Waals surface area contributed by atoms with Crippen molar-refractivity contribution in [3.8, 4) is 0 Å². The molecule has 0 radical (unpaired) electrons. The predicted molar refractivity (Wildman–Crippen MR) is 52.7 cm³/mol. The summed E-state index contributed by atoms with van der Waals surface area (Å²) >= 11 is 0. The van der Waals surface area contributed by atoms with Gasteiger partial charge in [0.2, 0.25) is 0 Å². The monoisotopic (exact) mass is 182 g/mol. The van der Waals surface area contributed by atoms with Crippen LogP contribution in [-0.4, -0.2) is 38.1 Å². The van der Waals surface area contributed by atoms with Gasteiger partial charge in [-0.2, -0.15) is 0 Å². The molecule has 74 valence electrons. The zero-order valence-corrected chi connectivity index (χ0v) is 8.25. The fourth-order valence-electron chi connectivity index (χ4n) is 2.23. The van der Waals surface area contributed by atoms with E-state index in [1.54, 1.807) is 0 Å². The Morgan fingerprint density at radius 3 is 2.46 bits per heavy atom. The summed E-state index contributed by atoms with van der Waals surface area (Å²) in [6.45, 7) is 2.22. The summed E-state index contributed by atoms with van der Waals surface area (Å²) in [7, 11) is 3.87. The van der Waals surface area contributed by atoms with E-state index in [1.165, 1.54) is 5.82 Å². The molecule has 4 nitrogen and oxygen atoms in total. The third-order valence-electron chi connectivity index (χ3n) is 3.14. The van der Waals surface area contributed by atoms with Crippen LogP contribution in [0.1, 0.15) is 0 Å². The molecule has 0 bridgehead atoms. The van der Waals surface area contributed by atoms with E-state index in [9.17, 15) is 0 Å². The smallest absolute Gasteiger partial charge is 0.117 e. The van der Waals surface area contributed by atoms with Gasteiger partial charge in [-0.1, -0.05) is 0 Å². The topological polar surface area (TPSA) is 53.3 Å². The van der Waals surface area contributed by atoms with E-state index in [0.717, 1.165) is 24.9 Å². The van der Waals surface area contributed by atoms with Crippen LogP contribution in [-0.2, 0) is 0 Å². The van der Waals surface area contributed by atoms with Crippen LogP contribution in [0.2, 0.25) is 0 Å². The number of hydrogen-bond donors (Lipinski definition) is 3. The van der Waals surface area contributed by atoms with Crippen molar-refractivity contribution >= 4 is 0 Å². The highest BCUT2D eigenvalue weighted by Crippen LogP contribution is 2.44. The lowest BCUT2D eigenvalue weighted by Crippen LogP contribution is -2.33. The maximum absolute atomic E-state index is 5.87. The van der Waals surface area contributed by atoms with Crippen LogP contribution >= 0.6 is 0 Å². The Morgan fingerprint density at radius 1 is 1.38 bits per heavy atom. The van der Waals surface area contributed by atoms with Gasteiger partial charge in [-0.25, -0.2) is 0 Å². The average Bonchev–Trinajstić information content (AvgIpc) is 2.63. The Morgan fingerprint density at radius 2 is 2.00 bits per heavy atom. The fraction of sp³-hybridized carbons (Fsp3) is 0.778. The van der Waals surface area contributed by atoms with Gasteiger partial charge in [0, 0.05) is 39.4 Å². The number of likely N-dealkylation sites (tertiary alicyclic amines) is 1. The maximum atomic E-state index is 5.87. The minimum Gasteiger partial charge on any atom is -0.391 e. The molecule has 0 spiro atoms. The number of rotatable bonds is 3. The molecule has 13 heavy (non-hydrogen) atoms. The molecule has 2 atom stereocenters. The first-order valence-corrected chi connectivity index (χ1v) is 4.83. The third-order valence-corrected chi connectivity index (χ3v) is 3.14. The second-order valence-electron chi connectivity index (χ2n) is 3.88. The number of fused-ring (bicyclic) bond motifs is 1. The van der Waals surface area contributed by atoms with E-state index in [-0.39, 0.29) is 0 Å². The Balaban J connectivity index is 1.93. The van der Waals surface area contributed by atoms with Crippen molar-refractivity contribution in [2.45, 2.75) is 6.04 Å². The van der Waals surface area contributed by atoms with Crippen molar-refractivity contribution in [3.05, 3.63) is 12.0 Å². The van der Waals surface area contributed by atoms with Crippen molar-refractivity contribution in [3.63, 3.8) is 0 Å². The molecule has 4 N–H and O–H groups in total. The van der Waals surface area contributed by atoms with Gasteiger partial charge in [0.05, 0.1) is 0 Å². The molecule has 0 aromatic carbocycles. The molecule has 2 rings (SSSR count). The van der Waals surface area contributed by atoms with Crippen LogP contribution in [0, 0.1) is 11.8 Å². The standard InChI is InChI=1S/C9H18N4/c1-11-3-8(12-2)13-4-6-7(5-13)9(6)10/h3,6-7,9,11-12H,4-5,10H2,1-2H3/b8-3+. The van der Waals surface area contributed by atoms with Gasteiger partial charge in [-0.15, -0.1) is 0 Å². The molecule has 4 heteroatoms. The van der Waals surface area contributed by atoms with Crippen LogP contribution < -0.4 is 16.4 Å². The summed E-state index contributed by atoms with van der Waals surface area (Å²) in [6, 6.07) is 0.476. The molecule has 0 aromatic heterocycles. The molecule has 1 saturated heterocycles. The first-order chi connectivity index (χ1) is 6.27. The summed E-state index contributed by atoms with van der Waals surface area (Å²) in [5.41, 5.74) is 5.87. The van der Waals surface area contributed by atoms with Crippen LogP contribution in [0.5, 0.6) is 0 Å². The third kappa shape index (κ3) is 1.35. The minimum absolute atomic E-state index is 0.476. The summed E-state index contributed by atoms with van der Waals surface area (Å²) in [6.07, 6.45) is 2.00. The van der Waals surface area contributed by atoms with E-state index in [4.69, 9.17) is 5.73 Å². The molecule has 1 saturated carbocycles.